The molecule has 0 N–H and O–H groups in total. The Morgan fingerprint density at radius 2 is 1.22 bits per heavy atom. The van der Waals surface area contributed by atoms with E-state index in [4.69, 9.17) is 0 Å². The lowest BCUT2D eigenvalue weighted by Gasteiger charge is -2.05. The maximum atomic E-state index is 4.50. The first kappa shape index (κ1) is 14.6. The van der Waals surface area contributed by atoms with Crippen LogP contribution in [-0.4, -0.2) is 15.0 Å². The number of aromatic nitrogens is 3. The van der Waals surface area contributed by atoms with Crippen LogP contribution in [0.1, 0.15) is 0 Å². The standard InChI is InChI=1S/C18H11Br2N3/c19-14-9-13(10-15(20)11-14)12-5-7-16(8-6-12)23-21-17-3-1-2-4-18(17)22-23/h1-11H. The summed E-state index contributed by atoms with van der Waals surface area (Å²) in [5, 5.41) is 9.01. The van der Waals surface area contributed by atoms with Gasteiger partial charge in [-0.2, -0.15) is 4.80 Å². The van der Waals surface area contributed by atoms with E-state index in [0.717, 1.165) is 36.8 Å². The van der Waals surface area contributed by atoms with E-state index in [2.05, 4.69) is 66.3 Å². The van der Waals surface area contributed by atoms with Gasteiger partial charge in [0.05, 0.1) is 5.69 Å². The molecule has 1 heterocycles. The highest BCUT2D eigenvalue weighted by Crippen LogP contribution is 2.28. The van der Waals surface area contributed by atoms with Gasteiger partial charge in [0.2, 0.25) is 0 Å². The molecular weight excluding hydrogens is 418 g/mol. The molecule has 0 amide bonds. The van der Waals surface area contributed by atoms with Crippen LogP contribution < -0.4 is 0 Å². The largest absolute Gasteiger partial charge is 0.150 e. The Morgan fingerprint density at radius 3 is 1.78 bits per heavy atom. The van der Waals surface area contributed by atoms with Crippen molar-refractivity contribution in [2.45, 2.75) is 0 Å². The molecule has 0 saturated heterocycles. The van der Waals surface area contributed by atoms with Crippen molar-refractivity contribution in [2.75, 3.05) is 0 Å². The lowest BCUT2D eigenvalue weighted by Crippen LogP contribution is -1.97. The van der Waals surface area contributed by atoms with Gasteiger partial charge in [-0.05, 0) is 53.6 Å². The Hall–Kier alpha value is -1.98. The van der Waals surface area contributed by atoms with Crippen molar-refractivity contribution in [3.05, 3.63) is 75.7 Å². The molecule has 0 spiro atoms. The molecular formula is C18H11Br2N3. The molecule has 0 fully saturated rings. The number of rotatable bonds is 2. The Labute approximate surface area is 150 Å². The van der Waals surface area contributed by atoms with Crippen molar-refractivity contribution in [1.29, 1.82) is 0 Å². The number of nitrogens with zero attached hydrogens (tertiary/aromatic N) is 3. The topological polar surface area (TPSA) is 30.7 Å². The highest BCUT2D eigenvalue weighted by atomic mass is 79.9. The first-order valence-electron chi connectivity index (χ1n) is 7.08. The van der Waals surface area contributed by atoms with E-state index in [1.54, 1.807) is 4.80 Å². The molecule has 0 aliphatic carbocycles. The molecule has 0 radical (unpaired) electrons. The van der Waals surface area contributed by atoms with Gasteiger partial charge in [-0.25, -0.2) is 0 Å². The molecule has 4 rings (SSSR count). The summed E-state index contributed by atoms with van der Waals surface area (Å²) in [4.78, 5) is 1.67. The Kier molecular flexibility index (Phi) is 3.75. The molecule has 0 aliphatic heterocycles. The van der Waals surface area contributed by atoms with E-state index in [1.165, 1.54) is 0 Å². The predicted molar refractivity (Wildman–Crippen MR) is 99.7 cm³/mol. The van der Waals surface area contributed by atoms with Gasteiger partial charge in [-0.15, -0.1) is 10.2 Å². The SMILES string of the molecule is Brc1cc(Br)cc(-c2ccc(-n3nc4ccccc4n3)cc2)c1. The summed E-state index contributed by atoms with van der Waals surface area (Å²) in [6, 6.07) is 22.3. The number of halogens is 2. The van der Waals surface area contributed by atoms with Crippen molar-refractivity contribution in [3.8, 4) is 16.8 Å². The minimum atomic E-state index is 0.896. The Bertz CT molecular complexity index is 938. The molecule has 112 valence electrons. The fourth-order valence-corrected chi connectivity index (χ4v) is 3.78. The lowest BCUT2D eigenvalue weighted by molar-refractivity contribution is 0.766. The summed E-state index contributed by atoms with van der Waals surface area (Å²) in [5.41, 5.74) is 5.03. The summed E-state index contributed by atoms with van der Waals surface area (Å²) < 4.78 is 2.09. The average Bonchev–Trinajstić information content (AvgIpc) is 2.98. The van der Waals surface area contributed by atoms with E-state index in [1.807, 2.05) is 42.5 Å². The van der Waals surface area contributed by atoms with Crippen molar-refractivity contribution in [2.24, 2.45) is 0 Å². The maximum Gasteiger partial charge on any atom is 0.113 e. The van der Waals surface area contributed by atoms with Crippen LogP contribution >= 0.6 is 31.9 Å². The fraction of sp³-hybridized carbons (Fsp3) is 0. The maximum absolute atomic E-state index is 4.50. The van der Waals surface area contributed by atoms with Crippen LogP contribution in [0.5, 0.6) is 0 Å². The van der Waals surface area contributed by atoms with Crippen molar-refractivity contribution < 1.29 is 0 Å². The first-order chi connectivity index (χ1) is 11.2. The predicted octanol–water partition coefficient (Wildman–Crippen LogP) is 5.61. The van der Waals surface area contributed by atoms with Gasteiger partial charge >= 0.3 is 0 Å². The normalized spacial score (nSPS) is 11.0. The van der Waals surface area contributed by atoms with Gasteiger partial charge in [0.1, 0.15) is 11.0 Å². The molecule has 0 atom stereocenters. The first-order valence-corrected chi connectivity index (χ1v) is 8.67. The van der Waals surface area contributed by atoms with Gasteiger partial charge in [0, 0.05) is 8.95 Å². The number of fused-ring (bicyclic) bond motifs is 1. The molecule has 23 heavy (non-hydrogen) atoms. The second-order valence-electron chi connectivity index (χ2n) is 5.18. The molecule has 0 saturated carbocycles. The second-order valence-corrected chi connectivity index (χ2v) is 7.01. The smallest absolute Gasteiger partial charge is 0.113 e. The minimum absolute atomic E-state index is 0.896. The summed E-state index contributed by atoms with van der Waals surface area (Å²) >= 11 is 7.05. The van der Waals surface area contributed by atoms with Crippen LogP contribution in [0.4, 0.5) is 0 Å². The van der Waals surface area contributed by atoms with E-state index in [9.17, 15) is 0 Å². The summed E-state index contributed by atoms with van der Waals surface area (Å²) in [6.45, 7) is 0. The molecule has 0 bridgehead atoms. The average molecular weight is 429 g/mol. The fourth-order valence-electron chi connectivity index (χ4n) is 2.48. The zero-order valence-corrected chi connectivity index (χ0v) is 15.1. The second kappa shape index (κ2) is 5.91. The van der Waals surface area contributed by atoms with Gasteiger partial charge in [-0.1, -0.05) is 56.1 Å². The highest BCUT2D eigenvalue weighted by Gasteiger charge is 2.05. The van der Waals surface area contributed by atoms with Gasteiger partial charge < -0.3 is 0 Å². The van der Waals surface area contributed by atoms with Gasteiger partial charge in [-0.3, -0.25) is 0 Å². The van der Waals surface area contributed by atoms with Gasteiger partial charge in [0.25, 0.3) is 0 Å². The lowest BCUT2D eigenvalue weighted by atomic mass is 10.1. The molecule has 3 nitrogen and oxygen atoms in total. The molecule has 0 unspecified atom stereocenters. The van der Waals surface area contributed by atoms with Crippen LogP contribution in [0.2, 0.25) is 0 Å². The van der Waals surface area contributed by atoms with Crippen molar-refractivity contribution in [1.82, 2.24) is 15.0 Å². The third-order valence-corrected chi connectivity index (χ3v) is 4.50. The highest BCUT2D eigenvalue weighted by molar-refractivity contribution is 9.11. The molecule has 0 aliphatic rings. The molecule has 4 aromatic rings. The van der Waals surface area contributed by atoms with Crippen LogP contribution in [0.3, 0.4) is 0 Å². The van der Waals surface area contributed by atoms with E-state index >= 15 is 0 Å². The van der Waals surface area contributed by atoms with Crippen molar-refractivity contribution in [3.63, 3.8) is 0 Å². The zero-order chi connectivity index (χ0) is 15.8. The van der Waals surface area contributed by atoms with E-state index in [-0.39, 0.29) is 0 Å². The quantitative estimate of drug-likeness (QED) is 0.415. The summed E-state index contributed by atoms with van der Waals surface area (Å²) in [5.74, 6) is 0. The minimum Gasteiger partial charge on any atom is -0.150 e. The molecule has 5 heteroatoms. The summed E-state index contributed by atoms with van der Waals surface area (Å²) in [6.07, 6.45) is 0. The number of hydrogen-bond donors (Lipinski definition) is 0. The molecule has 3 aromatic carbocycles. The van der Waals surface area contributed by atoms with Crippen molar-refractivity contribution >= 4 is 42.9 Å². The van der Waals surface area contributed by atoms with Crippen LogP contribution in [-0.2, 0) is 0 Å². The number of hydrogen-bond acceptors (Lipinski definition) is 2. The van der Waals surface area contributed by atoms with Crippen LogP contribution in [0.15, 0.2) is 75.7 Å². The van der Waals surface area contributed by atoms with E-state index in [0.29, 0.717) is 0 Å². The third-order valence-electron chi connectivity index (χ3n) is 3.58. The summed E-state index contributed by atoms with van der Waals surface area (Å²) in [7, 11) is 0. The van der Waals surface area contributed by atoms with Gasteiger partial charge in [0.15, 0.2) is 0 Å². The molecule has 1 aromatic heterocycles. The van der Waals surface area contributed by atoms with E-state index < -0.39 is 0 Å². The van der Waals surface area contributed by atoms with Crippen LogP contribution in [0.25, 0.3) is 27.8 Å². The Balaban J connectivity index is 1.72. The zero-order valence-electron chi connectivity index (χ0n) is 11.9. The monoisotopic (exact) mass is 427 g/mol. The third kappa shape index (κ3) is 2.94. The number of benzene rings is 3. The Morgan fingerprint density at radius 1 is 0.652 bits per heavy atom. The van der Waals surface area contributed by atoms with Crippen LogP contribution in [0, 0.1) is 0 Å².